The van der Waals surface area contributed by atoms with Crippen LogP contribution in [0.2, 0.25) is 0 Å². The number of carbonyl (C=O) groups excluding carboxylic acids is 1. The van der Waals surface area contributed by atoms with Gasteiger partial charge in [-0.15, -0.1) is 11.3 Å². The second-order valence-electron chi connectivity index (χ2n) is 6.88. The van der Waals surface area contributed by atoms with Gasteiger partial charge in [-0.25, -0.2) is 14.6 Å². The van der Waals surface area contributed by atoms with Gasteiger partial charge < -0.3 is 10.6 Å². The molecule has 0 atom stereocenters. The van der Waals surface area contributed by atoms with Crippen LogP contribution in [0.4, 0.5) is 17.2 Å². The fourth-order valence-corrected chi connectivity index (χ4v) is 3.83. The molecule has 0 saturated heterocycles. The van der Waals surface area contributed by atoms with Gasteiger partial charge in [0.05, 0.1) is 4.88 Å². The minimum absolute atomic E-state index is 0.219. The summed E-state index contributed by atoms with van der Waals surface area (Å²) in [5.41, 5.74) is 2.78. The van der Waals surface area contributed by atoms with Crippen molar-refractivity contribution in [1.82, 2.24) is 29.5 Å². The van der Waals surface area contributed by atoms with E-state index < -0.39 is 0 Å². The van der Waals surface area contributed by atoms with Crippen LogP contribution >= 0.6 is 11.3 Å². The molecule has 4 aromatic heterocycles. The third-order valence-corrected chi connectivity index (χ3v) is 5.59. The number of nitrogens with one attached hydrogen (secondary N) is 2. The average Bonchev–Trinajstić information content (AvgIpc) is 3.57. The first-order valence-electron chi connectivity index (χ1n) is 9.74. The Morgan fingerprint density at radius 1 is 1.03 bits per heavy atom. The first-order valence-corrected chi connectivity index (χ1v) is 10.6. The van der Waals surface area contributed by atoms with Gasteiger partial charge in [-0.05, 0) is 47.8 Å². The van der Waals surface area contributed by atoms with Crippen molar-refractivity contribution in [3.63, 3.8) is 0 Å². The highest BCUT2D eigenvalue weighted by Crippen LogP contribution is 2.24. The molecule has 0 unspecified atom stereocenters. The fraction of sp³-hybridized carbons (Fsp3) is 0.0455. The number of nitrogens with zero attached hydrogens (tertiary/aromatic N) is 6. The predicted octanol–water partition coefficient (Wildman–Crippen LogP) is 4.12. The molecule has 1 aromatic carbocycles. The normalized spacial score (nSPS) is 10.8. The minimum atomic E-state index is -0.219. The number of hydrogen-bond acceptors (Lipinski definition) is 7. The van der Waals surface area contributed by atoms with Crippen molar-refractivity contribution in [3.8, 4) is 16.4 Å². The zero-order chi connectivity index (χ0) is 21.9. The van der Waals surface area contributed by atoms with Crippen molar-refractivity contribution in [2.75, 3.05) is 10.6 Å². The molecule has 0 spiro atoms. The molecule has 10 heteroatoms. The number of hydrogen-bond donors (Lipinski definition) is 2. The Hall–Kier alpha value is -4.31. The van der Waals surface area contributed by atoms with Crippen LogP contribution in [-0.4, -0.2) is 35.4 Å². The lowest BCUT2D eigenvalue weighted by Gasteiger charge is -2.09. The van der Waals surface area contributed by atoms with Gasteiger partial charge in [0.2, 0.25) is 0 Å². The molecule has 158 valence electrons. The second-order valence-corrected chi connectivity index (χ2v) is 7.83. The summed E-state index contributed by atoms with van der Waals surface area (Å²) in [4.78, 5) is 22.2. The first kappa shape index (κ1) is 19.6. The fourth-order valence-electron chi connectivity index (χ4n) is 3.15. The summed E-state index contributed by atoms with van der Waals surface area (Å²) < 4.78 is 3.25. The summed E-state index contributed by atoms with van der Waals surface area (Å²) in [6.45, 7) is 0. The molecule has 2 N–H and O–H groups in total. The molecule has 0 aliphatic carbocycles. The SMILES string of the molecule is Cn1nc(-c2cccs2)cc1C(=O)Nc1ccc(Nc2cc(-n3cccn3)ncn2)cc1. The van der Waals surface area contributed by atoms with Crippen LogP contribution in [-0.2, 0) is 7.05 Å². The van der Waals surface area contributed by atoms with E-state index in [2.05, 4.69) is 30.8 Å². The Balaban J connectivity index is 1.26. The zero-order valence-corrected chi connectivity index (χ0v) is 17.8. The van der Waals surface area contributed by atoms with Gasteiger partial charge in [-0.2, -0.15) is 10.2 Å². The van der Waals surface area contributed by atoms with E-state index in [1.165, 1.54) is 6.33 Å². The molecule has 0 aliphatic rings. The summed E-state index contributed by atoms with van der Waals surface area (Å²) in [6.07, 6.45) is 4.98. The minimum Gasteiger partial charge on any atom is -0.340 e. The summed E-state index contributed by atoms with van der Waals surface area (Å²) >= 11 is 1.59. The second kappa shape index (κ2) is 8.44. The van der Waals surface area contributed by atoms with Crippen LogP contribution < -0.4 is 10.6 Å². The quantitative estimate of drug-likeness (QED) is 0.410. The van der Waals surface area contributed by atoms with E-state index >= 15 is 0 Å². The molecular formula is C22H18N8OS. The molecule has 9 nitrogen and oxygen atoms in total. The van der Waals surface area contributed by atoms with Gasteiger partial charge in [-0.1, -0.05) is 6.07 Å². The van der Waals surface area contributed by atoms with Crippen LogP contribution in [0.1, 0.15) is 10.5 Å². The van der Waals surface area contributed by atoms with E-state index in [0.717, 1.165) is 16.3 Å². The third kappa shape index (κ3) is 4.12. The summed E-state index contributed by atoms with van der Waals surface area (Å²) in [5, 5.41) is 16.7. The standard InChI is InChI=1S/C22H18N8OS/c1-29-18(12-17(28-29)19-4-2-11-32-19)22(31)27-16-7-5-15(6-8-16)26-20-13-21(24-14-23-20)30-10-3-9-25-30/h2-14H,1H3,(H,27,31)(H,23,24,26). The van der Waals surface area contributed by atoms with Gasteiger partial charge in [0.1, 0.15) is 23.5 Å². The van der Waals surface area contributed by atoms with Gasteiger partial charge in [0.15, 0.2) is 5.82 Å². The van der Waals surface area contributed by atoms with Crippen LogP contribution in [0, 0.1) is 0 Å². The average molecular weight is 443 g/mol. The van der Waals surface area contributed by atoms with Crippen molar-refractivity contribution in [3.05, 3.63) is 84.4 Å². The lowest BCUT2D eigenvalue weighted by Crippen LogP contribution is -2.16. The van der Waals surface area contributed by atoms with E-state index in [1.54, 1.807) is 46.1 Å². The van der Waals surface area contributed by atoms with E-state index in [-0.39, 0.29) is 5.91 Å². The van der Waals surface area contributed by atoms with Gasteiger partial charge in [-0.3, -0.25) is 9.48 Å². The van der Waals surface area contributed by atoms with Crippen molar-refractivity contribution in [1.29, 1.82) is 0 Å². The first-order chi connectivity index (χ1) is 15.7. The van der Waals surface area contributed by atoms with Crippen molar-refractivity contribution in [2.24, 2.45) is 7.05 Å². The molecule has 5 rings (SSSR count). The smallest absolute Gasteiger partial charge is 0.273 e. The molecule has 5 aromatic rings. The Labute approximate surface area is 187 Å². The molecule has 0 aliphatic heterocycles. The Bertz CT molecular complexity index is 1340. The number of anilines is 3. The van der Waals surface area contributed by atoms with Crippen LogP contribution in [0.25, 0.3) is 16.4 Å². The Morgan fingerprint density at radius 3 is 2.62 bits per heavy atom. The number of carbonyl (C=O) groups is 1. The maximum atomic E-state index is 12.7. The maximum Gasteiger partial charge on any atom is 0.273 e. The predicted molar refractivity (Wildman–Crippen MR) is 123 cm³/mol. The number of rotatable bonds is 6. The summed E-state index contributed by atoms with van der Waals surface area (Å²) in [6, 6.07) is 16.8. The van der Waals surface area contributed by atoms with E-state index in [1.807, 2.05) is 54.0 Å². The molecule has 0 radical (unpaired) electrons. The molecular weight excluding hydrogens is 424 g/mol. The number of benzene rings is 1. The van der Waals surface area contributed by atoms with Crippen LogP contribution in [0.5, 0.6) is 0 Å². The number of thiophene rings is 1. The lowest BCUT2D eigenvalue weighted by atomic mass is 10.2. The third-order valence-electron chi connectivity index (χ3n) is 4.69. The largest absolute Gasteiger partial charge is 0.340 e. The van der Waals surface area contributed by atoms with Crippen molar-refractivity contribution >= 4 is 34.4 Å². The monoisotopic (exact) mass is 442 g/mol. The van der Waals surface area contributed by atoms with E-state index in [4.69, 9.17) is 0 Å². The highest BCUT2D eigenvalue weighted by atomic mass is 32.1. The van der Waals surface area contributed by atoms with Crippen LogP contribution in [0.15, 0.2) is 78.7 Å². The highest BCUT2D eigenvalue weighted by molar-refractivity contribution is 7.13. The maximum absolute atomic E-state index is 12.7. The molecule has 1 amide bonds. The molecule has 4 heterocycles. The molecule has 0 saturated carbocycles. The van der Waals surface area contributed by atoms with E-state index in [9.17, 15) is 4.79 Å². The zero-order valence-electron chi connectivity index (χ0n) is 17.0. The number of aromatic nitrogens is 6. The van der Waals surface area contributed by atoms with Crippen molar-refractivity contribution < 1.29 is 4.79 Å². The topological polar surface area (TPSA) is 103 Å². The summed E-state index contributed by atoms with van der Waals surface area (Å²) in [5.74, 6) is 1.08. The Morgan fingerprint density at radius 2 is 1.88 bits per heavy atom. The van der Waals surface area contributed by atoms with E-state index in [0.29, 0.717) is 23.0 Å². The lowest BCUT2D eigenvalue weighted by molar-refractivity contribution is 0.101. The van der Waals surface area contributed by atoms with Crippen LogP contribution in [0.3, 0.4) is 0 Å². The summed E-state index contributed by atoms with van der Waals surface area (Å²) in [7, 11) is 1.76. The Kier molecular flexibility index (Phi) is 5.18. The molecule has 0 bridgehead atoms. The molecule has 0 fully saturated rings. The number of aryl methyl sites for hydroxylation is 1. The van der Waals surface area contributed by atoms with Crippen molar-refractivity contribution in [2.45, 2.75) is 0 Å². The van der Waals surface area contributed by atoms with Gasteiger partial charge >= 0.3 is 0 Å². The highest BCUT2D eigenvalue weighted by Gasteiger charge is 2.15. The number of amides is 1. The molecule has 32 heavy (non-hydrogen) atoms. The van der Waals surface area contributed by atoms with Gasteiger partial charge in [0.25, 0.3) is 5.91 Å². The van der Waals surface area contributed by atoms with Gasteiger partial charge in [0, 0.05) is 36.9 Å².